The topological polar surface area (TPSA) is 89.7 Å². The van der Waals surface area contributed by atoms with Gasteiger partial charge >= 0.3 is 6.09 Å². The van der Waals surface area contributed by atoms with E-state index in [0.717, 1.165) is 5.56 Å². The van der Waals surface area contributed by atoms with Crippen molar-refractivity contribution in [3.63, 3.8) is 0 Å². The van der Waals surface area contributed by atoms with E-state index in [1.165, 1.54) is 0 Å². The molecule has 1 amide bonds. The number of nitrogens with zero attached hydrogens (tertiary/aromatic N) is 1. The van der Waals surface area contributed by atoms with Gasteiger partial charge in [-0.05, 0) is 48.6 Å². The van der Waals surface area contributed by atoms with Gasteiger partial charge in [-0.2, -0.15) is 0 Å². The highest BCUT2D eigenvalue weighted by molar-refractivity contribution is 7.91. The first-order valence-electron chi connectivity index (χ1n) is 8.98. The Labute approximate surface area is 159 Å². The fourth-order valence-corrected chi connectivity index (χ4v) is 4.87. The number of rotatable bonds is 5. The number of anilines is 1. The molecule has 1 aliphatic heterocycles. The lowest BCUT2D eigenvalue weighted by Gasteiger charge is -2.31. The maximum absolute atomic E-state index is 12.5. The van der Waals surface area contributed by atoms with Gasteiger partial charge in [-0.15, -0.1) is 0 Å². The Morgan fingerprint density at radius 2 is 1.67 bits per heavy atom. The molecule has 2 N–H and O–H groups in total. The molecule has 1 fully saturated rings. The van der Waals surface area contributed by atoms with Gasteiger partial charge in [0.2, 0.25) is 0 Å². The number of hydrogen-bond acceptors (Lipinski definition) is 5. The number of carbonyl (C=O) groups is 1. The highest BCUT2D eigenvalue weighted by Crippen LogP contribution is 2.23. The standard InChI is InChI=1S/C20H24N2O4S/c21-18-6-8-19(9-7-18)27(24,25)15-17-10-12-22(13-11-17)20(23)26-14-16-4-2-1-3-5-16/h1-9,17H,10-15,21H2. The van der Waals surface area contributed by atoms with Crippen molar-refractivity contribution in [2.75, 3.05) is 24.6 Å². The summed E-state index contributed by atoms with van der Waals surface area (Å²) < 4.78 is 30.4. The fourth-order valence-electron chi connectivity index (χ4n) is 3.17. The number of nitrogens with two attached hydrogens (primary N) is 1. The number of ether oxygens (including phenoxy) is 1. The van der Waals surface area contributed by atoms with E-state index in [-0.39, 0.29) is 24.4 Å². The second kappa shape index (κ2) is 8.43. The molecular weight excluding hydrogens is 364 g/mol. The number of piperidine rings is 1. The first kappa shape index (κ1) is 19.2. The Kier molecular flexibility index (Phi) is 6.01. The molecule has 0 bridgehead atoms. The zero-order valence-electron chi connectivity index (χ0n) is 15.1. The number of hydrogen-bond donors (Lipinski definition) is 1. The molecule has 0 aromatic heterocycles. The molecule has 0 radical (unpaired) electrons. The lowest BCUT2D eigenvalue weighted by Crippen LogP contribution is -2.40. The van der Waals surface area contributed by atoms with E-state index >= 15 is 0 Å². The third-order valence-corrected chi connectivity index (χ3v) is 6.67. The highest BCUT2D eigenvalue weighted by atomic mass is 32.2. The molecule has 27 heavy (non-hydrogen) atoms. The van der Waals surface area contributed by atoms with Gasteiger partial charge in [-0.3, -0.25) is 0 Å². The van der Waals surface area contributed by atoms with Crippen LogP contribution in [0.3, 0.4) is 0 Å². The molecular formula is C20H24N2O4S. The van der Waals surface area contributed by atoms with Crippen LogP contribution in [-0.2, 0) is 21.2 Å². The van der Waals surface area contributed by atoms with Gasteiger partial charge in [0.05, 0.1) is 10.6 Å². The molecule has 0 aliphatic carbocycles. The summed E-state index contributed by atoms with van der Waals surface area (Å²) in [6.45, 7) is 1.26. The van der Waals surface area contributed by atoms with Crippen LogP contribution in [0.15, 0.2) is 59.5 Å². The average molecular weight is 388 g/mol. The van der Waals surface area contributed by atoms with Crippen molar-refractivity contribution < 1.29 is 17.9 Å². The van der Waals surface area contributed by atoms with E-state index in [0.29, 0.717) is 36.5 Å². The molecule has 3 rings (SSSR count). The van der Waals surface area contributed by atoms with Crippen LogP contribution in [0.2, 0.25) is 0 Å². The minimum atomic E-state index is -3.35. The molecule has 0 spiro atoms. The van der Waals surface area contributed by atoms with Gasteiger partial charge in [0.1, 0.15) is 6.61 Å². The second-order valence-electron chi connectivity index (χ2n) is 6.82. The van der Waals surface area contributed by atoms with E-state index in [4.69, 9.17) is 10.5 Å². The number of likely N-dealkylation sites (tertiary alicyclic amines) is 1. The molecule has 0 unspecified atom stereocenters. The summed E-state index contributed by atoms with van der Waals surface area (Å²) in [5, 5.41) is 0. The third kappa shape index (κ3) is 5.23. The van der Waals surface area contributed by atoms with Gasteiger partial charge < -0.3 is 15.4 Å². The quantitative estimate of drug-likeness (QED) is 0.795. The summed E-state index contributed by atoms with van der Waals surface area (Å²) in [7, 11) is -3.35. The lowest BCUT2D eigenvalue weighted by atomic mass is 9.99. The number of benzene rings is 2. The highest BCUT2D eigenvalue weighted by Gasteiger charge is 2.28. The normalized spacial score (nSPS) is 15.5. The Morgan fingerprint density at radius 1 is 1.04 bits per heavy atom. The van der Waals surface area contributed by atoms with Crippen LogP contribution in [0.1, 0.15) is 18.4 Å². The molecule has 1 heterocycles. The summed E-state index contributed by atoms with van der Waals surface area (Å²) in [6.07, 6.45) is 0.946. The Bertz CT molecular complexity index is 859. The maximum atomic E-state index is 12.5. The molecule has 0 saturated carbocycles. The predicted molar refractivity (Wildman–Crippen MR) is 104 cm³/mol. The molecule has 1 aliphatic rings. The van der Waals surface area contributed by atoms with Crippen molar-refractivity contribution in [2.45, 2.75) is 24.3 Å². The van der Waals surface area contributed by atoms with Crippen molar-refractivity contribution in [1.29, 1.82) is 0 Å². The van der Waals surface area contributed by atoms with Gasteiger partial charge in [-0.25, -0.2) is 13.2 Å². The van der Waals surface area contributed by atoms with E-state index in [1.807, 2.05) is 30.3 Å². The molecule has 6 nitrogen and oxygen atoms in total. The number of sulfone groups is 1. The second-order valence-corrected chi connectivity index (χ2v) is 8.86. The minimum absolute atomic E-state index is 0.0331. The van der Waals surface area contributed by atoms with Crippen LogP contribution < -0.4 is 5.73 Å². The Hall–Kier alpha value is -2.54. The molecule has 2 aromatic rings. The third-order valence-electron chi connectivity index (χ3n) is 4.77. The number of nitrogen functional groups attached to an aromatic ring is 1. The van der Waals surface area contributed by atoms with Gasteiger partial charge in [0, 0.05) is 18.8 Å². The molecule has 1 saturated heterocycles. The minimum Gasteiger partial charge on any atom is -0.445 e. The summed E-state index contributed by atoms with van der Waals surface area (Å²) in [5.41, 5.74) is 7.09. The Morgan fingerprint density at radius 3 is 2.30 bits per heavy atom. The molecule has 2 aromatic carbocycles. The van der Waals surface area contributed by atoms with Crippen molar-refractivity contribution in [3.05, 3.63) is 60.2 Å². The van der Waals surface area contributed by atoms with Crippen LogP contribution in [0.5, 0.6) is 0 Å². The smallest absolute Gasteiger partial charge is 0.410 e. The summed E-state index contributed by atoms with van der Waals surface area (Å²) >= 11 is 0. The summed E-state index contributed by atoms with van der Waals surface area (Å²) in [6, 6.07) is 15.8. The van der Waals surface area contributed by atoms with E-state index in [9.17, 15) is 13.2 Å². The lowest BCUT2D eigenvalue weighted by molar-refractivity contribution is 0.0839. The average Bonchev–Trinajstić information content (AvgIpc) is 2.67. The van der Waals surface area contributed by atoms with E-state index < -0.39 is 9.84 Å². The SMILES string of the molecule is Nc1ccc(S(=O)(=O)CC2CCN(C(=O)OCc3ccccc3)CC2)cc1. The van der Waals surface area contributed by atoms with Crippen LogP contribution in [-0.4, -0.2) is 38.3 Å². The first-order valence-corrected chi connectivity index (χ1v) is 10.6. The van der Waals surface area contributed by atoms with Crippen molar-refractivity contribution in [2.24, 2.45) is 5.92 Å². The van der Waals surface area contributed by atoms with Crippen molar-refractivity contribution in [3.8, 4) is 0 Å². The van der Waals surface area contributed by atoms with Crippen LogP contribution in [0.25, 0.3) is 0 Å². The van der Waals surface area contributed by atoms with Crippen LogP contribution in [0.4, 0.5) is 10.5 Å². The Balaban J connectivity index is 1.48. The first-order chi connectivity index (χ1) is 12.9. The molecule has 0 atom stereocenters. The van der Waals surface area contributed by atoms with E-state index in [1.54, 1.807) is 29.2 Å². The number of carbonyl (C=O) groups excluding carboxylic acids is 1. The largest absolute Gasteiger partial charge is 0.445 e. The van der Waals surface area contributed by atoms with Crippen LogP contribution >= 0.6 is 0 Å². The molecule has 144 valence electrons. The summed E-state index contributed by atoms with van der Waals surface area (Å²) in [4.78, 5) is 14.1. The van der Waals surface area contributed by atoms with Gasteiger partial charge in [0.25, 0.3) is 0 Å². The van der Waals surface area contributed by atoms with Gasteiger partial charge in [0.15, 0.2) is 9.84 Å². The monoisotopic (exact) mass is 388 g/mol. The zero-order valence-corrected chi connectivity index (χ0v) is 15.9. The summed E-state index contributed by atoms with van der Waals surface area (Å²) in [5.74, 6) is 0.120. The molecule has 7 heteroatoms. The van der Waals surface area contributed by atoms with E-state index in [2.05, 4.69) is 0 Å². The van der Waals surface area contributed by atoms with Crippen LogP contribution in [0, 0.1) is 5.92 Å². The van der Waals surface area contributed by atoms with Crippen molar-refractivity contribution in [1.82, 2.24) is 4.90 Å². The van der Waals surface area contributed by atoms with Gasteiger partial charge in [-0.1, -0.05) is 30.3 Å². The predicted octanol–water partition coefficient (Wildman–Crippen LogP) is 3.09. The van der Waals surface area contributed by atoms with Crippen molar-refractivity contribution >= 4 is 21.6 Å². The maximum Gasteiger partial charge on any atom is 0.410 e. The fraction of sp³-hybridized carbons (Fsp3) is 0.350. The number of amides is 1. The zero-order chi connectivity index (χ0) is 19.3.